The molecule has 2 heterocycles. The van der Waals surface area contributed by atoms with Crippen LogP contribution in [0.3, 0.4) is 0 Å². The maximum atomic E-state index is 13.4. The zero-order chi connectivity index (χ0) is 20.4. The highest BCUT2D eigenvalue weighted by molar-refractivity contribution is 7.71. The molecule has 4 rings (SSSR count). The third-order valence-corrected chi connectivity index (χ3v) is 5.35. The maximum absolute atomic E-state index is 13.4. The fraction of sp³-hybridized carbons (Fsp3) is 0.0909. The molecule has 1 atom stereocenters. The topological polar surface area (TPSA) is 73.3 Å². The van der Waals surface area contributed by atoms with Gasteiger partial charge in [-0.2, -0.15) is 4.39 Å². The van der Waals surface area contributed by atoms with Crippen LogP contribution in [-0.2, 0) is 21.3 Å². The number of rotatable bonds is 5. The first-order chi connectivity index (χ1) is 14.1. The van der Waals surface area contributed by atoms with Crippen molar-refractivity contribution in [2.45, 2.75) is 11.7 Å². The molecule has 7 heteroatoms. The Hall–Kier alpha value is -3.32. The van der Waals surface area contributed by atoms with Crippen molar-refractivity contribution in [3.63, 3.8) is 0 Å². The Labute approximate surface area is 168 Å². The molecule has 5 nitrogen and oxygen atoms in total. The van der Waals surface area contributed by atoms with Gasteiger partial charge in [-0.25, -0.2) is 13.4 Å². The number of carbonyl (C=O) groups is 1. The van der Waals surface area contributed by atoms with Crippen LogP contribution in [0.5, 0.6) is 5.75 Å². The molecule has 1 unspecified atom stereocenters. The lowest BCUT2D eigenvalue weighted by atomic mass is 9.84. The number of hydrogen-bond acceptors (Lipinski definition) is 5. The Morgan fingerprint density at radius 1 is 1.00 bits per heavy atom. The minimum Gasteiger partial charge on any atom is -0.456 e. The number of ether oxygens (including phenoxy) is 1. The second-order valence-corrected chi connectivity index (χ2v) is 7.54. The van der Waals surface area contributed by atoms with Crippen molar-refractivity contribution in [1.29, 1.82) is 0 Å². The predicted molar refractivity (Wildman–Crippen MR) is 107 cm³/mol. The van der Waals surface area contributed by atoms with Gasteiger partial charge in [0, 0.05) is 28.5 Å². The highest BCUT2D eigenvalue weighted by Gasteiger charge is 2.31. The zero-order valence-corrected chi connectivity index (χ0v) is 16.0. The summed E-state index contributed by atoms with van der Waals surface area (Å²) in [6.07, 6.45) is 2.20. The van der Waals surface area contributed by atoms with Gasteiger partial charge in [0.1, 0.15) is 28.5 Å². The Balaban J connectivity index is 1.89. The van der Waals surface area contributed by atoms with Crippen molar-refractivity contribution < 1.29 is 22.3 Å². The van der Waals surface area contributed by atoms with E-state index in [1.54, 1.807) is 36.4 Å². The quantitative estimate of drug-likeness (QED) is 0.396. The summed E-state index contributed by atoms with van der Waals surface area (Å²) in [6, 6.07) is 16.9. The normalized spacial score (nSPS) is 15.7. The summed E-state index contributed by atoms with van der Waals surface area (Å²) in [5.74, 6) is -0.272. The Morgan fingerprint density at radius 3 is 2.38 bits per heavy atom. The number of carbonyl (C=O) groups excluding carboxylic acids is 1. The summed E-state index contributed by atoms with van der Waals surface area (Å²) >= 11 is 0. The standard InChI is InChI=1S/C22H16FNO4S/c23-20-10-9-16(11-24-20)21-18(12-25)17-3-1-2-4-19(17)28-22(21)15-7-5-14(6-8-15)13-29(26)27/h1-12,18,29H,13H2. The van der Waals surface area contributed by atoms with E-state index >= 15 is 0 Å². The fourth-order valence-electron chi connectivity index (χ4n) is 3.40. The number of allylic oxidation sites excluding steroid dienone is 1. The van der Waals surface area contributed by atoms with E-state index in [2.05, 4.69) is 4.98 Å². The first-order valence-corrected chi connectivity index (χ1v) is 10.2. The van der Waals surface area contributed by atoms with Crippen molar-refractivity contribution in [1.82, 2.24) is 4.98 Å². The van der Waals surface area contributed by atoms with Crippen LogP contribution in [0.25, 0.3) is 11.3 Å². The lowest BCUT2D eigenvalue weighted by molar-refractivity contribution is -0.108. The number of thiol groups is 1. The molecule has 1 aromatic heterocycles. The number of fused-ring (bicyclic) bond motifs is 1. The van der Waals surface area contributed by atoms with Crippen molar-refractivity contribution in [2.75, 3.05) is 0 Å². The second kappa shape index (κ2) is 7.97. The van der Waals surface area contributed by atoms with Gasteiger partial charge in [-0.1, -0.05) is 42.5 Å². The summed E-state index contributed by atoms with van der Waals surface area (Å²) in [4.78, 5) is 15.8. The fourth-order valence-corrected chi connectivity index (χ4v) is 3.91. The Morgan fingerprint density at radius 2 is 1.72 bits per heavy atom. The number of aromatic nitrogens is 1. The number of aldehydes is 1. The number of benzene rings is 2. The molecule has 29 heavy (non-hydrogen) atoms. The van der Waals surface area contributed by atoms with Gasteiger partial charge in [-0.05, 0) is 23.8 Å². The van der Waals surface area contributed by atoms with Crippen molar-refractivity contribution >= 4 is 28.3 Å². The smallest absolute Gasteiger partial charge is 0.212 e. The summed E-state index contributed by atoms with van der Waals surface area (Å²) in [5.41, 5.74) is 3.19. The summed E-state index contributed by atoms with van der Waals surface area (Å²) in [7, 11) is -2.53. The molecule has 0 N–H and O–H groups in total. The molecule has 0 fully saturated rings. The van der Waals surface area contributed by atoms with E-state index in [4.69, 9.17) is 4.74 Å². The lowest BCUT2D eigenvalue weighted by Crippen LogP contribution is -2.16. The molecule has 0 radical (unpaired) electrons. The first-order valence-electron chi connectivity index (χ1n) is 8.86. The molecule has 1 aliphatic rings. The number of pyridine rings is 1. The van der Waals surface area contributed by atoms with Gasteiger partial charge in [0.05, 0.1) is 11.7 Å². The predicted octanol–water partition coefficient (Wildman–Crippen LogP) is 3.58. The highest BCUT2D eigenvalue weighted by Crippen LogP contribution is 2.45. The van der Waals surface area contributed by atoms with Gasteiger partial charge < -0.3 is 9.53 Å². The first kappa shape index (κ1) is 19.0. The summed E-state index contributed by atoms with van der Waals surface area (Å²) < 4.78 is 41.4. The van der Waals surface area contributed by atoms with E-state index in [-0.39, 0.29) is 5.75 Å². The SMILES string of the molecule is O=CC1C(c2ccc(F)nc2)=C(c2ccc(C[SH](=O)=O)cc2)Oc2ccccc21. The van der Waals surface area contributed by atoms with E-state index in [1.807, 2.05) is 18.2 Å². The molecule has 2 aromatic carbocycles. The van der Waals surface area contributed by atoms with Crippen LogP contribution in [0.2, 0.25) is 0 Å². The van der Waals surface area contributed by atoms with Crippen LogP contribution in [0.1, 0.15) is 28.2 Å². The van der Waals surface area contributed by atoms with Crippen LogP contribution >= 0.6 is 0 Å². The number of halogens is 1. The molecule has 0 saturated carbocycles. The van der Waals surface area contributed by atoms with Crippen LogP contribution in [0, 0.1) is 5.95 Å². The van der Waals surface area contributed by atoms with Crippen LogP contribution in [-0.4, -0.2) is 19.7 Å². The third-order valence-electron chi connectivity index (χ3n) is 4.72. The zero-order valence-electron chi connectivity index (χ0n) is 15.1. The molecule has 0 bridgehead atoms. The van der Waals surface area contributed by atoms with Gasteiger partial charge in [0.25, 0.3) is 0 Å². The van der Waals surface area contributed by atoms with E-state index in [1.165, 1.54) is 12.3 Å². The monoisotopic (exact) mass is 409 g/mol. The van der Waals surface area contributed by atoms with Gasteiger partial charge in [-0.15, -0.1) is 0 Å². The van der Waals surface area contributed by atoms with Gasteiger partial charge in [-0.3, -0.25) is 0 Å². The molecule has 146 valence electrons. The molecule has 0 aliphatic carbocycles. The van der Waals surface area contributed by atoms with Crippen molar-refractivity contribution in [3.05, 3.63) is 95.1 Å². The molecule has 1 aliphatic heterocycles. The summed E-state index contributed by atoms with van der Waals surface area (Å²) in [6.45, 7) is 0. The minimum absolute atomic E-state index is 0.0515. The number of para-hydroxylation sites is 1. The van der Waals surface area contributed by atoms with Crippen molar-refractivity contribution in [2.24, 2.45) is 0 Å². The second-order valence-electron chi connectivity index (χ2n) is 6.55. The van der Waals surface area contributed by atoms with Crippen LogP contribution in [0.4, 0.5) is 4.39 Å². The summed E-state index contributed by atoms with van der Waals surface area (Å²) in [5, 5.41) is 0. The highest BCUT2D eigenvalue weighted by atomic mass is 32.2. The van der Waals surface area contributed by atoms with E-state index in [0.29, 0.717) is 39.3 Å². The van der Waals surface area contributed by atoms with Crippen LogP contribution in [0.15, 0.2) is 66.9 Å². The number of hydrogen-bond donors (Lipinski definition) is 1. The Kier molecular flexibility index (Phi) is 5.22. The lowest BCUT2D eigenvalue weighted by Gasteiger charge is -2.28. The average Bonchev–Trinajstić information content (AvgIpc) is 2.73. The molecule has 0 saturated heterocycles. The molecule has 3 aromatic rings. The van der Waals surface area contributed by atoms with Gasteiger partial charge in [0.15, 0.2) is 0 Å². The van der Waals surface area contributed by atoms with E-state index in [0.717, 1.165) is 6.29 Å². The Bertz CT molecular complexity index is 1160. The maximum Gasteiger partial charge on any atom is 0.212 e. The third kappa shape index (κ3) is 3.82. The molecular formula is C22H16FNO4S. The number of nitrogens with zero attached hydrogens (tertiary/aromatic N) is 1. The van der Waals surface area contributed by atoms with E-state index in [9.17, 15) is 17.6 Å². The average molecular weight is 409 g/mol. The molecule has 0 amide bonds. The van der Waals surface area contributed by atoms with Gasteiger partial charge >= 0.3 is 0 Å². The van der Waals surface area contributed by atoms with Crippen molar-refractivity contribution in [3.8, 4) is 5.75 Å². The van der Waals surface area contributed by atoms with E-state index < -0.39 is 22.6 Å². The molecular weight excluding hydrogens is 393 g/mol. The minimum atomic E-state index is -2.53. The van der Waals surface area contributed by atoms with Crippen LogP contribution < -0.4 is 4.74 Å². The molecule has 0 spiro atoms. The largest absolute Gasteiger partial charge is 0.456 e. The van der Waals surface area contributed by atoms with Gasteiger partial charge in [0.2, 0.25) is 5.95 Å².